The van der Waals surface area contributed by atoms with Crippen molar-refractivity contribution in [2.24, 2.45) is 0 Å². The number of unbranched alkanes of at least 4 members (excludes halogenated alkanes) is 6. The van der Waals surface area contributed by atoms with Gasteiger partial charge in [-0.05, 0) is 25.7 Å². The molecule has 0 amide bonds. The minimum atomic E-state index is -0.147. The Morgan fingerprint density at radius 3 is 1.68 bits per heavy atom. The van der Waals surface area contributed by atoms with E-state index in [9.17, 15) is 0 Å². The van der Waals surface area contributed by atoms with E-state index in [0.29, 0.717) is 6.61 Å². The van der Waals surface area contributed by atoms with Crippen molar-refractivity contribution in [3.05, 3.63) is 0 Å². The Kier molecular flexibility index (Phi) is 15.7. The second-order valence-corrected chi connectivity index (χ2v) is 6.53. The van der Waals surface area contributed by atoms with Crippen LogP contribution in [0.5, 0.6) is 0 Å². The molecule has 0 spiro atoms. The summed E-state index contributed by atoms with van der Waals surface area (Å²) in [4.78, 5) is 11.0. The molecule has 0 unspecified atom stereocenters. The van der Waals surface area contributed by atoms with Crippen molar-refractivity contribution in [2.45, 2.75) is 117 Å². The molecule has 0 aromatic heterocycles. The van der Waals surface area contributed by atoms with Crippen LogP contribution in [0.1, 0.15) is 111 Å². The van der Waals surface area contributed by atoms with Crippen LogP contribution in [0.3, 0.4) is 0 Å². The molecule has 0 N–H and O–H groups in total. The van der Waals surface area contributed by atoms with Crippen molar-refractivity contribution in [1.29, 1.82) is 0 Å². The Balaban J connectivity index is 4.41. The molecule has 0 radical (unpaired) electrons. The summed E-state index contributed by atoms with van der Waals surface area (Å²) in [5, 5.41) is 5.15. The van der Waals surface area contributed by atoms with Gasteiger partial charge in [-0.3, -0.25) is 0 Å². The van der Waals surface area contributed by atoms with Crippen molar-refractivity contribution in [3.8, 4) is 0 Å². The number of hydrogen-bond acceptors (Lipinski definition) is 3. The Morgan fingerprint density at radius 2 is 1.14 bits per heavy atom. The predicted molar refractivity (Wildman–Crippen MR) is 93.6 cm³/mol. The summed E-state index contributed by atoms with van der Waals surface area (Å²) in [6, 6.07) is 0. The predicted octanol–water partition coefficient (Wildman–Crippen LogP) is 6.76. The van der Waals surface area contributed by atoms with Gasteiger partial charge in [-0.2, -0.15) is 4.89 Å². The molecular weight excluding hydrogens is 276 g/mol. The molecule has 0 fully saturated rings. The molecule has 22 heavy (non-hydrogen) atoms. The van der Waals surface area contributed by atoms with Gasteiger partial charge in [0.05, 0.1) is 6.61 Å². The maximum atomic E-state index is 5.84. The van der Waals surface area contributed by atoms with E-state index < -0.39 is 0 Å². The maximum Gasteiger partial charge on any atom is 0.107 e. The SMILES string of the molecule is CCCCCCC(CCCC)(CCCC)OOOCCCC. The number of rotatable bonds is 17. The van der Waals surface area contributed by atoms with Crippen molar-refractivity contribution in [1.82, 2.24) is 0 Å². The molecule has 3 nitrogen and oxygen atoms in total. The molecule has 0 atom stereocenters. The molecule has 0 bridgehead atoms. The second kappa shape index (κ2) is 15.8. The average molecular weight is 317 g/mol. The van der Waals surface area contributed by atoms with Crippen LogP contribution in [-0.2, 0) is 14.8 Å². The fraction of sp³-hybridized carbons (Fsp3) is 1.00. The van der Waals surface area contributed by atoms with Gasteiger partial charge in [-0.25, -0.2) is 4.89 Å². The first-order chi connectivity index (χ1) is 10.7. The third-order valence-electron chi connectivity index (χ3n) is 4.30. The van der Waals surface area contributed by atoms with Crippen LogP contribution in [0.25, 0.3) is 0 Å². The van der Waals surface area contributed by atoms with E-state index in [1.165, 1.54) is 51.4 Å². The van der Waals surface area contributed by atoms with Crippen molar-refractivity contribution >= 4 is 0 Å². The Hall–Kier alpha value is -0.120. The molecule has 0 rings (SSSR count). The first-order valence-corrected chi connectivity index (χ1v) is 9.72. The van der Waals surface area contributed by atoms with Crippen LogP contribution in [-0.4, -0.2) is 12.2 Å². The summed E-state index contributed by atoms with van der Waals surface area (Å²) >= 11 is 0. The van der Waals surface area contributed by atoms with E-state index in [4.69, 9.17) is 14.8 Å². The minimum absolute atomic E-state index is 0.147. The van der Waals surface area contributed by atoms with Gasteiger partial charge in [-0.1, -0.05) is 90.5 Å². The van der Waals surface area contributed by atoms with Gasteiger partial charge < -0.3 is 0 Å². The molecule has 0 heterocycles. The summed E-state index contributed by atoms with van der Waals surface area (Å²) in [7, 11) is 0. The maximum absolute atomic E-state index is 5.84. The molecule has 0 aromatic rings. The fourth-order valence-corrected chi connectivity index (χ4v) is 2.71. The van der Waals surface area contributed by atoms with Crippen molar-refractivity contribution < 1.29 is 14.8 Å². The Labute approximate surface area is 139 Å². The number of hydrogen-bond donors (Lipinski definition) is 0. The fourth-order valence-electron chi connectivity index (χ4n) is 2.71. The Morgan fingerprint density at radius 1 is 0.591 bits per heavy atom. The summed E-state index contributed by atoms with van der Waals surface area (Å²) in [6.07, 6.45) is 15.2. The lowest BCUT2D eigenvalue weighted by Crippen LogP contribution is -2.33. The molecule has 0 saturated carbocycles. The highest BCUT2D eigenvalue weighted by Crippen LogP contribution is 2.32. The lowest BCUT2D eigenvalue weighted by molar-refractivity contribution is -0.546. The Bertz CT molecular complexity index is 211. The van der Waals surface area contributed by atoms with E-state index in [1.54, 1.807) is 0 Å². The molecule has 0 saturated heterocycles. The van der Waals surface area contributed by atoms with Gasteiger partial charge >= 0.3 is 0 Å². The summed E-state index contributed by atoms with van der Waals surface area (Å²) in [5.74, 6) is 0. The van der Waals surface area contributed by atoms with E-state index in [0.717, 1.165) is 32.1 Å². The highest BCUT2D eigenvalue weighted by atomic mass is 17.5. The van der Waals surface area contributed by atoms with E-state index in [2.05, 4.69) is 27.7 Å². The van der Waals surface area contributed by atoms with Gasteiger partial charge in [-0.15, -0.1) is 0 Å². The van der Waals surface area contributed by atoms with Gasteiger partial charge in [0.15, 0.2) is 0 Å². The van der Waals surface area contributed by atoms with Crippen LogP contribution in [0.2, 0.25) is 0 Å². The van der Waals surface area contributed by atoms with Gasteiger partial charge in [0.25, 0.3) is 0 Å². The topological polar surface area (TPSA) is 27.7 Å². The van der Waals surface area contributed by atoms with Crippen LogP contribution in [0.15, 0.2) is 0 Å². The van der Waals surface area contributed by atoms with Crippen LogP contribution in [0, 0.1) is 0 Å². The third-order valence-corrected chi connectivity index (χ3v) is 4.30. The molecule has 0 aliphatic rings. The van der Waals surface area contributed by atoms with Gasteiger partial charge in [0, 0.05) is 0 Å². The zero-order valence-electron chi connectivity index (χ0n) is 15.6. The second-order valence-electron chi connectivity index (χ2n) is 6.53. The van der Waals surface area contributed by atoms with Gasteiger partial charge in [0.1, 0.15) is 5.60 Å². The molecule has 0 aliphatic heterocycles. The van der Waals surface area contributed by atoms with Crippen LogP contribution < -0.4 is 0 Å². The van der Waals surface area contributed by atoms with Gasteiger partial charge in [0.2, 0.25) is 0 Å². The normalized spacial score (nSPS) is 12.0. The van der Waals surface area contributed by atoms with Crippen LogP contribution in [0.4, 0.5) is 0 Å². The molecular formula is C19H40O3. The third kappa shape index (κ3) is 11.4. The van der Waals surface area contributed by atoms with E-state index in [1.807, 2.05) is 0 Å². The molecule has 0 aromatic carbocycles. The quantitative estimate of drug-likeness (QED) is 0.169. The summed E-state index contributed by atoms with van der Waals surface area (Å²) < 4.78 is 0. The molecule has 3 heteroatoms. The summed E-state index contributed by atoms with van der Waals surface area (Å²) in [5.41, 5.74) is -0.147. The first-order valence-electron chi connectivity index (χ1n) is 9.72. The largest absolute Gasteiger partial charge is 0.206 e. The van der Waals surface area contributed by atoms with E-state index >= 15 is 0 Å². The first kappa shape index (κ1) is 21.9. The molecule has 0 aliphatic carbocycles. The van der Waals surface area contributed by atoms with Crippen LogP contribution >= 0.6 is 0 Å². The zero-order valence-corrected chi connectivity index (χ0v) is 15.6. The molecule has 134 valence electrons. The smallest absolute Gasteiger partial charge is 0.107 e. The van der Waals surface area contributed by atoms with E-state index in [-0.39, 0.29) is 5.60 Å². The van der Waals surface area contributed by atoms with Crippen molar-refractivity contribution in [3.63, 3.8) is 0 Å². The standard InChI is InChI=1S/C19H40O3/c1-5-9-13-14-17-19(15-10-6-2,16-11-7-3)21-22-20-18-12-8-4/h5-18H2,1-4H3. The van der Waals surface area contributed by atoms with Crippen molar-refractivity contribution in [2.75, 3.05) is 6.61 Å². The minimum Gasteiger partial charge on any atom is -0.206 e. The zero-order chi connectivity index (χ0) is 16.5. The highest BCUT2D eigenvalue weighted by molar-refractivity contribution is 4.79. The lowest BCUT2D eigenvalue weighted by atomic mass is 9.86. The highest BCUT2D eigenvalue weighted by Gasteiger charge is 2.31. The monoisotopic (exact) mass is 316 g/mol. The summed E-state index contributed by atoms with van der Waals surface area (Å²) in [6.45, 7) is 9.48. The average Bonchev–Trinajstić information content (AvgIpc) is 2.54. The lowest BCUT2D eigenvalue weighted by Gasteiger charge is -2.32.